The SMILES string of the molecule is C.CC(C)(CS(=O)(=O)C1CCCCC1)S(=O)(=O)N=[N+]=[N-]. The summed E-state index contributed by atoms with van der Waals surface area (Å²) in [5.74, 6) is -0.508. The summed E-state index contributed by atoms with van der Waals surface area (Å²) in [5.41, 5.74) is 8.24. The molecule has 0 bridgehead atoms. The predicted molar refractivity (Wildman–Crippen MR) is 79.5 cm³/mol. The zero-order valence-corrected chi connectivity index (χ0v) is 12.7. The van der Waals surface area contributed by atoms with Crippen LogP contribution in [0.4, 0.5) is 0 Å². The Bertz CT molecular complexity index is 569. The number of sulfone groups is 1. The first kappa shape index (κ1) is 19.2. The normalized spacial score (nSPS) is 17.9. The minimum atomic E-state index is -4.15. The van der Waals surface area contributed by atoms with E-state index in [9.17, 15) is 16.8 Å². The van der Waals surface area contributed by atoms with Crippen LogP contribution in [-0.2, 0) is 19.9 Å². The van der Waals surface area contributed by atoms with E-state index in [1.165, 1.54) is 13.8 Å². The Morgan fingerprint density at radius 1 is 1.15 bits per heavy atom. The zero-order chi connectivity index (χ0) is 14.7. The molecule has 0 N–H and O–H groups in total. The second-order valence-corrected chi connectivity index (χ2v) is 9.97. The molecule has 7 nitrogen and oxygen atoms in total. The van der Waals surface area contributed by atoms with Gasteiger partial charge in [0.1, 0.15) is 0 Å². The summed E-state index contributed by atoms with van der Waals surface area (Å²) in [4.78, 5) is 2.26. The fourth-order valence-corrected chi connectivity index (χ4v) is 5.92. The third-order valence-corrected chi connectivity index (χ3v) is 8.07. The number of sulfonamides is 1. The highest BCUT2D eigenvalue weighted by Gasteiger charge is 2.41. The molecule has 0 aliphatic heterocycles. The maximum absolute atomic E-state index is 12.3. The first-order valence-electron chi connectivity index (χ1n) is 6.15. The molecule has 1 aliphatic carbocycles. The number of nitrogens with zero attached hydrogens (tertiary/aromatic N) is 3. The van der Waals surface area contributed by atoms with Crippen molar-refractivity contribution in [3.63, 3.8) is 0 Å². The molecule has 9 heteroatoms. The van der Waals surface area contributed by atoms with Crippen molar-refractivity contribution in [2.24, 2.45) is 4.52 Å². The van der Waals surface area contributed by atoms with Crippen LogP contribution in [0.1, 0.15) is 53.4 Å². The number of rotatable bonds is 5. The van der Waals surface area contributed by atoms with E-state index in [4.69, 9.17) is 5.53 Å². The standard InChI is InChI=1S/C10H19N3O4S2.CH4/c1-10(2,19(16,17)13-12-11)8-18(14,15)9-6-4-3-5-7-9;/h9H,3-8H2,1-2H3;1H4. The van der Waals surface area contributed by atoms with E-state index >= 15 is 0 Å². The lowest BCUT2D eigenvalue weighted by atomic mass is 10.0. The molecular formula is C11H23N3O4S2. The van der Waals surface area contributed by atoms with Crippen LogP contribution in [-0.4, -0.2) is 32.6 Å². The second-order valence-electron chi connectivity index (χ2n) is 5.47. The summed E-state index contributed by atoms with van der Waals surface area (Å²) >= 11 is 0. The number of hydrogen-bond donors (Lipinski definition) is 0. The molecule has 0 heterocycles. The van der Waals surface area contributed by atoms with Gasteiger partial charge in [-0.15, -0.1) is 0 Å². The highest BCUT2D eigenvalue weighted by Crippen LogP contribution is 2.29. The van der Waals surface area contributed by atoms with E-state index < -0.39 is 35.6 Å². The topological polar surface area (TPSA) is 117 Å². The Morgan fingerprint density at radius 2 is 1.65 bits per heavy atom. The van der Waals surface area contributed by atoms with Crippen LogP contribution < -0.4 is 0 Å². The molecule has 1 fully saturated rings. The fraction of sp³-hybridized carbons (Fsp3) is 1.00. The van der Waals surface area contributed by atoms with Crippen molar-refractivity contribution in [1.29, 1.82) is 0 Å². The molecule has 118 valence electrons. The second kappa shape index (κ2) is 6.78. The van der Waals surface area contributed by atoms with Gasteiger partial charge in [0.25, 0.3) is 0 Å². The van der Waals surface area contributed by atoms with Gasteiger partial charge in [0.15, 0.2) is 9.84 Å². The van der Waals surface area contributed by atoms with Gasteiger partial charge < -0.3 is 0 Å². The molecular weight excluding hydrogens is 302 g/mol. The number of hydrogen-bond acceptors (Lipinski definition) is 4. The summed E-state index contributed by atoms with van der Waals surface area (Å²) in [6.07, 6.45) is 3.90. The van der Waals surface area contributed by atoms with Crippen molar-refractivity contribution in [3.8, 4) is 0 Å². The van der Waals surface area contributed by atoms with Gasteiger partial charge in [0.2, 0.25) is 10.0 Å². The Labute approximate surface area is 121 Å². The van der Waals surface area contributed by atoms with Gasteiger partial charge in [0.05, 0.1) is 15.7 Å². The van der Waals surface area contributed by atoms with Gasteiger partial charge in [-0.1, -0.05) is 26.7 Å². The maximum atomic E-state index is 12.3. The molecule has 0 amide bonds. The van der Waals surface area contributed by atoms with Crippen molar-refractivity contribution >= 4 is 19.9 Å². The van der Waals surface area contributed by atoms with Crippen molar-refractivity contribution in [1.82, 2.24) is 0 Å². The zero-order valence-electron chi connectivity index (χ0n) is 11.1. The van der Waals surface area contributed by atoms with E-state index in [1.807, 2.05) is 0 Å². The van der Waals surface area contributed by atoms with Crippen molar-refractivity contribution in [2.75, 3.05) is 5.75 Å². The van der Waals surface area contributed by atoms with Crippen LogP contribution in [0.15, 0.2) is 4.52 Å². The highest BCUT2D eigenvalue weighted by molar-refractivity contribution is 7.95. The number of azide groups is 1. The third-order valence-electron chi connectivity index (χ3n) is 3.45. The molecule has 1 saturated carbocycles. The summed E-state index contributed by atoms with van der Waals surface area (Å²) in [7, 11) is -7.66. The minimum absolute atomic E-state index is 0. The van der Waals surface area contributed by atoms with Gasteiger partial charge in [-0.2, -0.15) is 0 Å². The summed E-state index contributed by atoms with van der Waals surface area (Å²) in [5, 5.41) is -0.471. The van der Waals surface area contributed by atoms with E-state index in [0.717, 1.165) is 19.3 Å². The van der Waals surface area contributed by atoms with E-state index in [0.29, 0.717) is 12.8 Å². The van der Waals surface area contributed by atoms with Crippen LogP contribution >= 0.6 is 0 Å². The molecule has 0 atom stereocenters. The third kappa shape index (κ3) is 4.36. The Balaban J connectivity index is 0.00000361. The van der Waals surface area contributed by atoms with Gasteiger partial charge in [-0.05, 0) is 32.2 Å². The van der Waals surface area contributed by atoms with Gasteiger partial charge in [-0.3, -0.25) is 0 Å². The summed E-state index contributed by atoms with van der Waals surface area (Å²) in [6.45, 7) is 2.55. The van der Waals surface area contributed by atoms with Crippen molar-refractivity contribution in [3.05, 3.63) is 10.4 Å². The molecule has 0 aromatic carbocycles. The molecule has 0 aromatic rings. The van der Waals surface area contributed by atoms with E-state index in [1.54, 1.807) is 0 Å². The molecule has 0 unspecified atom stereocenters. The molecule has 0 radical (unpaired) electrons. The van der Waals surface area contributed by atoms with Crippen LogP contribution in [0.5, 0.6) is 0 Å². The smallest absolute Gasteiger partial charge is 0.228 e. The van der Waals surface area contributed by atoms with Gasteiger partial charge in [-0.25, -0.2) is 16.8 Å². The average Bonchev–Trinajstić information content (AvgIpc) is 2.28. The van der Waals surface area contributed by atoms with Crippen molar-refractivity contribution in [2.45, 2.75) is 63.4 Å². The monoisotopic (exact) mass is 325 g/mol. The Kier molecular flexibility index (Phi) is 6.51. The maximum Gasteiger partial charge on any atom is 0.241 e. The first-order chi connectivity index (χ1) is 8.62. The lowest BCUT2D eigenvalue weighted by Gasteiger charge is -2.27. The van der Waals surface area contributed by atoms with Crippen LogP contribution in [0.2, 0.25) is 0 Å². The first-order valence-corrected chi connectivity index (χ1v) is 9.30. The molecule has 0 saturated heterocycles. The average molecular weight is 325 g/mol. The minimum Gasteiger partial charge on any atom is -0.228 e. The molecule has 0 spiro atoms. The van der Waals surface area contributed by atoms with Gasteiger partial charge in [0, 0.05) is 9.43 Å². The predicted octanol–water partition coefficient (Wildman–Crippen LogP) is 2.79. The molecule has 1 aliphatic rings. The quantitative estimate of drug-likeness (QED) is 0.438. The Morgan fingerprint density at radius 3 is 2.10 bits per heavy atom. The van der Waals surface area contributed by atoms with Crippen molar-refractivity contribution < 1.29 is 16.8 Å². The Hall–Kier alpha value is -0.790. The van der Waals surface area contributed by atoms with E-state index in [-0.39, 0.29) is 7.43 Å². The van der Waals surface area contributed by atoms with Crippen LogP contribution in [0.3, 0.4) is 0 Å². The van der Waals surface area contributed by atoms with Crippen LogP contribution in [0, 0.1) is 0 Å². The summed E-state index contributed by atoms with van der Waals surface area (Å²) < 4.78 is 49.1. The van der Waals surface area contributed by atoms with Crippen LogP contribution in [0.25, 0.3) is 10.4 Å². The lowest BCUT2D eigenvalue weighted by molar-refractivity contribution is 0.479. The highest BCUT2D eigenvalue weighted by atomic mass is 32.2. The molecule has 1 rings (SSSR count). The lowest BCUT2D eigenvalue weighted by Crippen LogP contribution is -2.41. The van der Waals surface area contributed by atoms with E-state index in [2.05, 4.69) is 9.43 Å². The molecule has 0 aromatic heterocycles. The molecule has 20 heavy (non-hydrogen) atoms. The fourth-order valence-electron chi connectivity index (χ4n) is 2.26. The largest absolute Gasteiger partial charge is 0.241 e. The van der Waals surface area contributed by atoms with Gasteiger partial charge >= 0.3 is 0 Å². The summed E-state index contributed by atoms with van der Waals surface area (Å²) in [6, 6.07) is 0.